The first-order valence-electron chi connectivity index (χ1n) is 8.00. The van der Waals surface area contributed by atoms with Crippen LogP contribution >= 0.6 is 24.2 Å². The Bertz CT molecular complexity index is 525. The average molecular weight is 375 g/mol. The number of amides is 1. The molecule has 1 amide bonds. The van der Waals surface area contributed by atoms with Crippen molar-refractivity contribution in [2.75, 3.05) is 30.5 Å². The van der Waals surface area contributed by atoms with Gasteiger partial charge in [-0.25, -0.2) is 0 Å². The van der Waals surface area contributed by atoms with Gasteiger partial charge in [0.2, 0.25) is 5.91 Å². The third-order valence-corrected chi connectivity index (χ3v) is 4.52. The molecular formula is C17H27ClN2O3S. The van der Waals surface area contributed by atoms with Crippen LogP contribution < -0.4 is 15.8 Å². The minimum Gasteiger partial charge on any atom is -0.490 e. The molecule has 0 aromatic heterocycles. The van der Waals surface area contributed by atoms with Gasteiger partial charge in [0.1, 0.15) is 11.9 Å². The molecule has 5 nitrogen and oxygen atoms in total. The number of nitrogens with one attached hydrogen (secondary N) is 1. The number of carbonyl (C=O) groups excluding carboxylic acids is 1. The monoisotopic (exact) mass is 374 g/mol. The molecule has 1 aromatic rings. The summed E-state index contributed by atoms with van der Waals surface area (Å²) in [7, 11) is 0. The van der Waals surface area contributed by atoms with E-state index in [0.29, 0.717) is 6.42 Å². The molecule has 1 saturated heterocycles. The molecule has 136 valence electrons. The maximum Gasteiger partial charge on any atom is 0.241 e. The van der Waals surface area contributed by atoms with Crippen molar-refractivity contribution in [2.24, 2.45) is 5.73 Å². The third kappa shape index (κ3) is 6.51. The number of hydrogen-bond donors (Lipinski definition) is 2. The number of benzene rings is 1. The predicted octanol–water partition coefficient (Wildman–Crippen LogP) is 2.99. The predicted molar refractivity (Wildman–Crippen MR) is 103 cm³/mol. The highest BCUT2D eigenvalue weighted by molar-refractivity contribution is 7.98. The zero-order valence-electron chi connectivity index (χ0n) is 14.2. The zero-order valence-corrected chi connectivity index (χ0v) is 15.9. The van der Waals surface area contributed by atoms with Gasteiger partial charge in [0.15, 0.2) is 0 Å². The van der Waals surface area contributed by atoms with Crippen LogP contribution in [0.5, 0.6) is 5.75 Å². The summed E-state index contributed by atoms with van der Waals surface area (Å²) in [6, 6.07) is 5.23. The zero-order chi connectivity index (χ0) is 16.7. The summed E-state index contributed by atoms with van der Waals surface area (Å²) in [6.07, 6.45) is 4.73. The number of anilines is 1. The summed E-state index contributed by atoms with van der Waals surface area (Å²) in [4.78, 5) is 12.0. The van der Waals surface area contributed by atoms with E-state index in [9.17, 15) is 4.79 Å². The summed E-state index contributed by atoms with van der Waals surface area (Å²) in [5.41, 5.74) is 7.64. The van der Waals surface area contributed by atoms with E-state index in [1.807, 2.05) is 31.4 Å². The Balaban J connectivity index is 0.00000288. The second-order valence-corrected chi connectivity index (χ2v) is 6.77. The number of thioether (sulfide) groups is 1. The Hall–Kier alpha value is -0.950. The van der Waals surface area contributed by atoms with E-state index >= 15 is 0 Å². The van der Waals surface area contributed by atoms with E-state index < -0.39 is 6.04 Å². The molecule has 1 aliphatic rings. The number of aryl methyl sites for hydroxylation is 1. The van der Waals surface area contributed by atoms with Gasteiger partial charge in [-0.3, -0.25) is 4.79 Å². The smallest absolute Gasteiger partial charge is 0.241 e. The van der Waals surface area contributed by atoms with E-state index in [0.717, 1.165) is 48.8 Å². The van der Waals surface area contributed by atoms with Gasteiger partial charge in [0, 0.05) is 18.5 Å². The Morgan fingerprint density at radius 2 is 2.17 bits per heavy atom. The standard InChI is InChI=1S/C17H26N2O3S.ClH/c1-12-11-13(19-17(20)15(18)7-10-23-2)3-4-16(12)22-14-5-8-21-9-6-14;/h3-4,11,14-15H,5-10,18H2,1-2H3,(H,19,20);1H/t15-;/m0./s1. The molecule has 1 heterocycles. The van der Waals surface area contributed by atoms with Gasteiger partial charge in [-0.2, -0.15) is 11.8 Å². The number of hydrogen-bond acceptors (Lipinski definition) is 5. The molecule has 0 radical (unpaired) electrons. The van der Waals surface area contributed by atoms with Crippen LogP contribution in [0.25, 0.3) is 0 Å². The Morgan fingerprint density at radius 1 is 1.46 bits per heavy atom. The van der Waals surface area contributed by atoms with Crippen molar-refractivity contribution in [2.45, 2.75) is 38.3 Å². The Morgan fingerprint density at radius 3 is 2.79 bits per heavy atom. The van der Waals surface area contributed by atoms with Crippen LogP contribution in [0.2, 0.25) is 0 Å². The fourth-order valence-corrected chi connectivity index (χ4v) is 2.93. The number of rotatable bonds is 7. The summed E-state index contributed by atoms with van der Waals surface area (Å²) >= 11 is 1.69. The van der Waals surface area contributed by atoms with Crippen LogP contribution in [-0.2, 0) is 9.53 Å². The minimum atomic E-state index is -0.471. The molecule has 1 aliphatic heterocycles. The molecule has 0 spiro atoms. The van der Waals surface area contributed by atoms with Crippen LogP contribution in [-0.4, -0.2) is 43.3 Å². The van der Waals surface area contributed by atoms with Crippen LogP contribution in [0.15, 0.2) is 18.2 Å². The van der Waals surface area contributed by atoms with Crippen molar-refractivity contribution in [3.05, 3.63) is 23.8 Å². The normalized spacial score (nSPS) is 16.1. The molecule has 24 heavy (non-hydrogen) atoms. The molecule has 1 aromatic carbocycles. The van der Waals surface area contributed by atoms with Gasteiger partial charge in [-0.1, -0.05) is 0 Å². The van der Waals surface area contributed by atoms with Gasteiger partial charge < -0.3 is 20.5 Å². The van der Waals surface area contributed by atoms with E-state index in [-0.39, 0.29) is 24.4 Å². The van der Waals surface area contributed by atoms with Crippen LogP contribution in [0.1, 0.15) is 24.8 Å². The summed E-state index contributed by atoms with van der Waals surface area (Å²) in [5.74, 6) is 1.60. The van der Waals surface area contributed by atoms with E-state index in [1.165, 1.54) is 0 Å². The molecule has 1 atom stereocenters. The van der Waals surface area contributed by atoms with Crippen LogP contribution in [0, 0.1) is 6.92 Å². The fraction of sp³-hybridized carbons (Fsp3) is 0.588. The van der Waals surface area contributed by atoms with Crippen molar-refractivity contribution < 1.29 is 14.3 Å². The molecule has 0 saturated carbocycles. The van der Waals surface area contributed by atoms with Gasteiger partial charge >= 0.3 is 0 Å². The highest BCUT2D eigenvalue weighted by Gasteiger charge is 2.17. The van der Waals surface area contributed by atoms with E-state index in [2.05, 4.69) is 5.32 Å². The van der Waals surface area contributed by atoms with Gasteiger partial charge in [-0.05, 0) is 49.1 Å². The second-order valence-electron chi connectivity index (χ2n) is 5.79. The molecular weight excluding hydrogens is 348 g/mol. The van der Waals surface area contributed by atoms with E-state index in [1.54, 1.807) is 11.8 Å². The van der Waals surface area contributed by atoms with Gasteiger partial charge in [0.25, 0.3) is 0 Å². The first-order valence-corrected chi connectivity index (χ1v) is 9.40. The van der Waals surface area contributed by atoms with Crippen LogP contribution in [0.3, 0.4) is 0 Å². The van der Waals surface area contributed by atoms with Crippen LogP contribution in [0.4, 0.5) is 5.69 Å². The lowest BCUT2D eigenvalue weighted by Gasteiger charge is -2.24. The molecule has 3 N–H and O–H groups in total. The molecule has 1 fully saturated rings. The maximum absolute atomic E-state index is 12.0. The van der Waals surface area contributed by atoms with Crippen molar-refractivity contribution in [1.82, 2.24) is 0 Å². The first-order chi connectivity index (χ1) is 11.1. The summed E-state index contributed by atoms with van der Waals surface area (Å²) in [6.45, 7) is 3.50. The number of halogens is 1. The third-order valence-electron chi connectivity index (χ3n) is 3.87. The topological polar surface area (TPSA) is 73.6 Å². The lowest BCUT2D eigenvalue weighted by molar-refractivity contribution is -0.117. The summed E-state index contributed by atoms with van der Waals surface area (Å²) < 4.78 is 11.4. The van der Waals surface area contributed by atoms with Gasteiger partial charge in [0.05, 0.1) is 19.3 Å². The quantitative estimate of drug-likeness (QED) is 0.767. The molecule has 0 bridgehead atoms. The minimum absolute atomic E-state index is 0. The van der Waals surface area contributed by atoms with Crippen molar-refractivity contribution in [3.8, 4) is 5.75 Å². The van der Waals surface area contributed by atoms with Crippen molar-refractivity contribution in [3.63, 3.8) is 0 Å². The number of carbonyl (C=O) groups is 1. The summed E-state index contributed by atoms with van der Waals surface area (Å²) in [5, 5.41) is 2.87. The SMILES string of the molecule is CSCC[C@H](N)C(=O)Nc1ccc(OC2CCOCC2)c(C)c1.Cl. The molecule has 0 aliphatic carbocycles. The lowest BCUT2D eigenvalue weighted by atomic mass is 10.1. The first kappa shape index (κ1) is 21.1. The fourth-order valence-electron chi connectivity index (χ4n) is 2.44. The maximum atomic E-state index is 12.0. The number of nitrogens with two attached hydrogens (primary N) is 1. The van der Waals surface area contributed by atoms with E-state index in [4.69, 9.17) is 15.2 Å². The molecule has 2 rings (SSSR count). The Labute approximate surface area is 154 Å². The highest BCUT2D eigenvalue weighted by atomic mass is 35.5. The highest BCUT2D eigenvalue weighted by Crippen LogP contribution is 2.25. The van der Waals surface area contributed by atoms with Gasteiger partial charge in [-0.15, -0.1) is 12.4 Å². The lowest BCUT2D eigenvalue weighted by Crippen LogP contribution is -2.36. The number of ether oxygens (including phenoxy) is 2. The largest absolute Gasteiger partial charge is 0.490 e. The molecule has 7 heteroatoms. The van der Waals surface area contributed by atoms with Crippen molar-refractivity contribution >= 4 is 35.8 Å². The average Bonchev–Trinajstić information content (AvgIpc) is 2.56. The second kappa shape index (κ2) is 10.8. The van der Waals surface area contributed by atoms with Crippen molar-refractivity contribution in [1.29, 1.82) is 0 Å². The Kier molecular flexibility index (Phi) is 9.51. The molecule has 0 unspecified atom stereocenters.